The highest BCUT2D eigenvalue weighted by Gasteiger charge is 2.50. The van der Waals surface area contributed by atoms with E-state index in [9.17, 15) is 9.18 Å². The van der Waals surface area contributed by atoms with Crippen molar-refractivity contribution in [3.8, 4) is 0 Å². The fourth-order valence-corrected chi connectivity index (χ4v) is 5.29. The normalized spacial score (nSPS) is 26.6. The van der Waals surface area contributed by atoms with Gasteiger partial charge in [-0.15, -0.1) is 0 Å². The number of allylic oxidation sites excluding steroid dienone is 2. The molecule has 0 heterocycles. The van der Waals surface area contributed by atoms with E-state index in [2.05, 4.69) is 29.5 Å². The fourth-order valence-electron chi connectivity index (χ4n) is 3.73. The summed E-state index contributed by atoms with van der Waals surface area (Å²) in [6.45, 7) is 2.16. The van der Waals surface area contributed by atoms with Crippen LogP contribution < -0.4 is 5.73 Å². The van der Waals surface area contributed by atoms with E-state index in [4.69, 9.17) is 17.3 Å². The zero-order valence-electron chi connectivity index (χ0n) is 12.4. The van der Waals surface area contributed by atoms with Crippen LogP contribution in [0.5, 0.6) is 0 Å². The molecule has 1 aromatic rings. The number of anilines is 1. The average molecular weight is 434 g/mol. The Morgan fingerprint density at radius 1 is 1.55 bits per heavy atom. The minimum absolute atomic E-state index is 0.0154. The van der Waals surface area contributed by atoms with Gasteiger partial charge >= 0.3 is 0 Å². The molecule has 5 heteroatoms. The van der Waals surface area contributed by atoms with Gasteiger partial charge in [-0.05, 0) is 41.7 Å². The minimum atomic E-state index is -0.501. The third-order valence-corrected chi connectivity index (χ3v) is 7.00. The molecule has 22 heavy (non-hydrogen) atoms. The number of nitrogen functional groups attached to an aromatic ring is 1. The van der Waals surface area contributed by atoms with E-state index in [1.165, 1.54) is 6.07 Å². The molecule has 2 aliphatic rings. The molecule has 0 fully saturated rings. The number of benzene rings is 1. The van der Waals surface area contributed by atoms with Crippen LogP contribution in [0.3, 0.4) is 0 Å². The number of rotatable bonds is 3. The topological polar surface area (TPSA) is 43.1 Å². The van der Waals surface area contributed by atoms with E-state index in [-0.39, 0.29) is 20.8 Å². The van der Waals surface area contributed by atoms with Crippen molar-refractivity contribution in [3.05, 3.63) is 34.1 Å². The Kier molecular flexibility index (Phi) is 4.27. The zero-order chi connectivity index (χ0) is 16.1. The van der Waals surface area contributed by atoms with Crippen molar-refractivity contribution >= 4 is 51.2 Å². The Balaban J connectivity index is 2.20. The molecule has 118 valence electrons. The number of nitrogens with two attached hydrogens (primary N) is 1. The molecule has 2 aliphatic carbocycles. The Bertz CT molecular complexity index is 688. The van der Waals surface area contributed by atoms with Crippen molar-refractivity contribution in [1.29, 1.82) is 0 Å². The summed E-state index contributed by atoms with van der Waals surface area (Å²) in [5.41, 5.74) is 8.30. The van der Waals surface area contributed by atoms with Gasteiger partial charge in [-0.3, -0.25) is 4.79 Å². The summed E-state index contributed by atoms with van der Waals surface area (Å²) in [6, 6.07) is 1.46. The highest BCUT2D eigenvalue weighted by atomic mass is 127. The lowest BCUT2D eigenvalue weighted by atomic mass is 9.69. The van der Waals surface area contributed by atoms with Crippen molar-refractivity contribution < 1.29 is 9.18 Å². The first-order valence-corrected chi connectivity index (χ1v) is 9.19. The summed E-state index contributed by atoms with van der Waals surface area (Å²) in [5, 5.41) is 0.317. The molecule has 0 aromatic heterocycles. The molecule has 0 saturated carbocycles. The Labute approximate surface area is 148 Å². The predicted octanol–water partition coefficient (Wildman–Crippen LogP) is 4.95. The second kappa shape index (κ2) is 5.78. The van der Waals surface area contributed by atoms with Crippen LogP contribution >= 0.6 is 34.2 Å². The number of halogens is 3. The maximum atomic E-state index is 14.0. The summed E-state index contributed by atoms with van der Waals surface area (Å²) in [4.78, 5) is 12.0. The molecule has 3 rings (SSSR count). The van der Waals surface area contributed by atoms with Crippen molar-refractivity contribution in [2.75, 3.05) is 5.73 Å². The number of hydrogen-bond acceptors (Lipinski definition) is 2. The van der Waals surface area contributed by atoms with Gasteiger partial charge in [0.1, 0.15) is 5.82 Å². The van der Waals surface area contributed by atoms with E-state index < -0.39 is 5.82 Å². The summed E-state index contributed by atoms with van der Waals surface area (Å²) in [6.07, 6.45) is 6.16. The van der Waals surface area contributed by atoms with Crippen molar-refractivity contribution in [2.45, 2.75) is 43.0 Å². The van der Waals surface area contributed by atoms with Gasteiger partial charge in [0.15, 0.2) is 5.78 Å². The van der Waals surface area contributed by atoms with Crippen LogP contribution in [0.25, 0.3) is 5.57 Å². The van der Waals surface area contributed by atoms with Crippen LogP contribution in [0.4, 0.5) is 10.1 Å². The quantitative estimate of drug-likeness (QED) is 0.416. The molecule has 0 saturated heterocycles. The highest BCUT2D eigenvalue weighted by Crippen LogP contribution is 2.58. The molecule has 2 atom stereocenters. The summed E-state index contributed by atoms with van der Waals surface area (Å²) >= 11 is 8.69. The number of alkyl halides is 1. The minimum Gasteiger partial charge on any atom is -0.395 e. The number of fused-ring (bicyclic) bond motifs is 3. The van der Waals surface area contributed by atoms with Gasteiger partial charge < -0.3 is 5.73 Å². The van der Waals surface area contributed by atoms with Gasteiger partial charge in [-0.1, -0.05) is 54.0 Å². The van der Waals surface area contributed by atoms with Crippen LogP contribution in [0.15, 0.2) is 12.1 Å². The molecule has 1 aromatic carbocycles. The van der Waals surface area contributed by atoms with Crippen molar-refractivity contribution in [2.24, 2.45) is 5.41 Å². The molecular formula is C17H18ClFINO. The standard InChI is InChI=1S/C17H18ClFINO/c1-2-3-4-17-8-11-10(7-13(19)16(21)15(11)18)12(17)5-9(22)6-14(17)20/h5,7,14H,2-4,6,8,21H2,1H3. The van der Waals surface area contributed by atoms with Crippen molar-refractivity contribution in [1.82, 2.24) is 0 Å². The monoisotopic (exact) mass is 433 g/mol. The zero-order valence-corrected chi connectivity index (χ0v) is 15.3. The molecule has 2 nitrogen and oxygen atoms in total. The first-order valence-electron chi connectivity index (χ1n) is 7.56. The summed E-state index contributed by atoms with van der Waals surface area (Å²) in [7, 11) is 0. The number of carbonyl (C=O) groups is 1. The third kappa shape index (κ3) is 2.30. The predicted molar refractivity (Wildman–Crippen MR) is 96.9 cm³/mol. The van der Waals surface area contributed by atoms with E-state index in [0.717, 1.165) is 42.4 Å². The maximum Gasteiger partial charge on any atom is 0.157 e. The van der Waals surface area contributed by atoms with Crippen LogP contribution in [0.2, 0.25) is 5.02 Å². The Hall–Kier alpha value is -0.620. The number of unbranched alkanes of at least 4 members (excludes halogenated alkanes) is 1. The SMILES string of the molecule is CCCCC12Cc3c(cc(F)c(N)c3Cl)C1=CC(=O)CC2I. The number of hydrogen-bond donors (Lipinski definition) is 1. The van der Waals surface area contributed by atoms with E-state index >= 15 is 0 Å². The average Bonchev–Trinajstić information content (AvgIpc) is 2.79. The molecule has 2 unspecified atom stereocenters. The number of carbonyl (C=O) groups excluding carboxylic acids is 1. The van der Waals surface area contributed by atoms with E-state index in [1.54, 1.807) is 6.08 Å². The Morgan fingerprint density at radius 2 is 2.27 bits per heavy atom. The van der Waals surface area contributed by atoms with Gasteiger partial charge in [0.2, 0.25) is 0 Å². The lowest BCUT2D eigenvalue weighted by molar-refractivity contribution is -0.115. The van der Waals surface area contributed by atoms with Gasteiger partial charge in [0, 0.05) is 15.8 Å². The maximum absolute atomic E-state index is 14.0. The summed E-state index contributed by atoms with van der Waals surface area (Å²) < 4.78 is 14.2. The van der Waals surface area contributed by atoms with Gasteiger partial charge in [-0.25, -0.2) is 4.39 Å². The second-order valence-electron chi connectivity index (χ2n) is 6.24. The smallest absolute Gasteiger partial charge is 0.157 e. The lowest BCUT2D eigenvalue weighted by Gasteiger charge is -2.38. The third-order valence-electron chi connectivity index (χ3n) is 4.94. The molecule has 0 bridgehead atoms. The second-order valence-corrected chi connectivity index (χ2v) is 8.13. The molecule has 2 N–H and O–H groups in total. The van der Waals surface area contributed by atoms with Crippen LogP contribution in [-0.4, -0.2) is 9.71 Å². The molecule has 0 radical (unpaired) electrons. The van der Waals surface area contributed by atoms with E-state index in [1.807, 2.05) is 0 Å². The van der Waals surface area contributed by atoms with Crippen LogP contribution in [0.1, 0.15) is 43.7 Å². The van der Waals surface area contributed by atoms with Gasteiger partial charge in [-0.2, -0.15) is 0 Å². The van der Waals surface area contributed by atoms with Gasteiger partial charge in [0.05, 0.1) is 10.7 Å². The largest absolute Gasteiger partial charge is 0.395 e. The molecular weight excluding hydrogens is 416 g/mol. The molecule has 0 amide bonds. The lowest BCUT2D eigenvalue weighted by Crippen LogP contribution is -2.36. The molecule has 0 spiro atoms. The van der Waals surface area contributed by atoms with Crippen LogP contribution in [-0.2, 0) is 11.2 Å². The van der Waals surface area contributed by atoms with Crippen LogP contribution in [0, 0.1) is 11.2 Å². The first-order chi connectivity index (χ1) is 10.4. The first kappa shape index (κ1) is 16.2. The summed E-state index contributed by atoms with van der Waals surface area (Å²) in [5.74, 6) is -0.387. The molecule has 0 aliphatic heterocycles. The van der Waals surface area contributed by atoms with Gasteiger partial charge in [0.25, 0.3) is 0 Å². The number of ketones is 1. The fraction of sp³-hybridized carbons (Fsp3) is 0.471. The highest BCUT2D eigenvalue weighted by molar-refractivity contribution is 14.1. The van der Waals surface area contributed by atoms with Crippen molar-refractivity contribution in [3.63, 3.8) is 0 Å². The Morgan fingerprint density at radius 3 is 2.95 bits per heavy atom. The van der Waals surface area contributed by atoms with E-state index in [0.29, 0.717) is 11.4 Å².